The van der Waals surface area contributed by atoms with Crippen molar-refractivity contribution in [3.05, 3.63) is 71.9 Å². The number of hydrogen-bond acceptors (Lipinski definition) is 7. The second kappa shape index (κ2) is 10.0. The molecule has 34 heavy (non-hydrogen) atoms. The van der Waals surface area contributed by atoms with Crippen molar-refractivity contribution < 1.29 is 22.7 Å². The predicted molar refractivity (Wildman–Crippen MR) is 129 cm³/mol. The normalized spacial score (nSPS) is 13.0. The van der Waals surface area contributed by atoms with E-state index in [4.69, 9.17) is 9.47 Å². The number of nitrogens with zero attached hydrogens (tertiary/aromatic N) is 2. The maximum atomic E-state index is 12.8. The molecule has 3 aromatic rings. The Morgan fingerprint density at radius 1 is 1.00 bits per heavy atom. The summed E-state index contributed by atoms with van der Waals surface area (Å²) in [6.45, 7) is 1.32. The van der Waals surface area contributed by atoms with Crippen molar-refractivity contribution >= 4 is 27.4 Å². The van der Waals surface area contributed by atoms with Crippen LogP contribution in [0.2, 0.25) is 0 Å². The molecular weight excluding hydrogens is 456 g/mol. The Morgan fingerprint density at radius 2 is 1.74 bits per heavy atom. The number of benzene rings is 2. The third kappa shape index (κ3) is 5.57. The Labute approximate surface area is 198 Å². The molecule has 1 amide bonds. The fourth-order valence-corrected chi connectivity index (χ4v) is 4.36. The number of sulfonamides is 1. The van der Waals surface area contributed by atoms with E-state index in [0.29, 0.717) is 42.5 Å². The van der Waals surface area contributed by atoms with Crippen LogP contribution in [-0.4, -0.2) is 46.6 Å². The van der Waals surface area contributed by atoms with Gasteiger partial charge in [-0.05, 0) is 48.0 Å². The van der Waals surface area contributed by atoms with Crippen LogP contribution in [-0.2, 0) is 16.6 Å². The van der Waals surface area contributed by atoms with Crippen LogP contribution < -0.4 is 24.4 Å². The van der Waals surface area contributed by atoms with Gasteiger partial charge in [-0.15, -0.1) is 0 Å². The van der Waals surface area contributed by atoms with E-state index >= 15 is 0 Å². The number of nitrogens with one attached hydrogen (secondary N) is 2. The van der Waals surface area contributed by atoms with Crippen molar-refractivity contribution in [3.63, 3.8) is 0 Å². The first-order valence-corrected chi connectivity index (χ1v) is 12.2. The number of aromatic nitrogens is 1. The topological polar surface area (TPSA) is 110 Å². The third-order valence-electron chi connectivity index (χ3n) is 5.15. The highest BCUT2D eigenvalue weighted by atomic mass is 32.2. The minimum absolute atomic E-state index is 0.0625. The lowest BCUT2D eigenvalue weighted by molar-refractivity contribution is 0.0951. The summed E-state index contributed by atoms with van der Waals surface area (Å²) < 4.78 is 39.3. The molecule has 0 unspecified atom stereocenters. The zero-order chi connectivity index (χ0) is 24.1. The Hall–Kier alpha value is -3.79. The summed E-state index contributed by atoms with van der Waals surface area (Å²) in [5.41, 5.74) is 1.63. The molecule has 1 aliphatic rings. The molecule has 0 radical (unpaired) electrons. The number of hydrogen-bond donors (Lipinski definition) is 2. The summed E-state index contributed by atoms with van der Waals surface area (Å²) >= 11 is 0. The molecule has 0 spiro atoms. The molecule has 4 rings (SSSR count). The van der Waals surface area contributed by atoms with Crippen LogP contribution in [0.4, 0.5) is 11.5 Å². The molecule has 2 aromatic carbocycles. The van der Waals surface area contributed by atoms with Crippen LogP contribution in [0.25, 0.3) is 0 Å². The average Bonchev–Trinajstić information content (AvgIpc) is 3.08. The van der Waals surface area contributed by atoms with Crippen molar-refractivity contribution in [2.45, 2.75) is 17.9 Å². The van der Waals surface area contributed by atoms with E-state index in [9.17, 15) is 13.2 Å². The highest BCUT2D eigenvalue weighted by Crippen LogP contribution is 2.32. The summed E-state index contributed by atoms with van der Waals surface area (Å²) in [6, 6.07) is 14.5. The molecule has 10 heteroatoms. The maximum absolute atomic E-state index is 12.8. The molecular formula is C24H26N4O5S. The van der Waals surface area contributed by atoms with Gasteiger partial charge in [0.2, 0.25) is 0 Å². The number of carbonyl (C=O) groups excluding carboxylic acids is 1. The van der Waals surface area contributed by atoms with Crippen molar-refractivity contribution in [3.8, 4) is 11.5 Å². The maximum Gasteiger partial charge on any atom is 0.262 e. The van der Waals surface area contributed by atoms with E-state index in [-0.39, 0.29) is 10.8 Å². The molecule has 0 aliphatic carbocycles. The highest BCUT2D eigenvalue weighted by molar-refractivity contribution is 7.92. The number of fused-ring (bicyclic) bond motifs is 1. The molecule has 2 heterocycles. The van der Waals surface area contributed by atoms with Gasteiger partial charge in [-0.2, -0.15) is 0 Å². The van der Waals surface area contributed by atoms with Crippen molar-refractivity contribution in [1.82, 2.24) is 10.3 Å². The lowest BCUT2D eigenvalue weighted by Gasteiger charge is -2.12. The fraction of sp³-hybridized carbons (Fsp3) is 0.250. The molecule has 0 bridgehead atoms. The molecule has 1 aliphatic heterocycles. The monoisotopic (exact) mass is 482 g/mol. The van der Waals surface area contributed by atoms with E-state index in [1.165, 1.54) is 12.1 Å². The standard InChI is InChI=1S/C24H26N4O5S/c1-28(2)23-11-4-17(15-25-23)16-26-24(29)18-5-7-19(8-6-18)27-34(30,31)20-9-10-21-22(14-20)33-13-3-12-32-21/h4-11,14-15,27H,3,12-13,16H2,1-2H3,(H,26,29). The van der Waals surface area contributed by atoms with E-state index in [0.717, 1.165) is 17.8 Å². The van der Waals surface area contributed by atoms with Gasteiger partial charge in [0, 0.05) is 50.6 Å². The van der Waals surface area contributed by atoms with E-state index in [1.807, 2.05) is 31.1 Å². The van der Waals surface area contributed by atoms with Gasteiger partial charge in [0.1, 0.15) is 5.82 Å². The minimum Gasteiger partial charge on any atom is -0.490 e. The molecule has 2 N–H and O–H groups in total. The van der Waals surface area contributed by atoms with E-state index < -0.39 is 10.0 Å². The first-order chi connectivity index (χ1) is 16.3. The lowest BCUT2D eigenvalue weighted by Crippen LogP contribution is -2.23. The van der Waals surface area contributed by atoms with Gasteiger partial charge in [-0.25, -0.2) is 13.4 Å². The van der Waals surface area contributed by atoms with Crippen LogP contribution in [0, 0.1) is 0 Å². The number of ether oxygens (including phenoxy) is 2. The third-order valence-corrected chi connectivity index (χ3v) is 6.53. The summed E-state index contributed by atoms with van der Waals surface area (Å²) in [5, 5.41) is 2.83. The second-order valence-corrected chi connectivity index (χ2v) is 9.63. The average molecular weight is 483 g/mol. The molecule has 1 aromatic heterocycles. The van der Waals surface area contributed by atoms with Crippen LogP contribution in [0.15, 0.2) is 65.7 Å². The zero-order valence-electron chi connectivity index (χ0n) is 18.9. The van der Waals surface area contributed by atoms with Gasteiger partial charge < -0.3 is 19.7 Å². The molecule has 178 valence electrons. The van der Waals surface area contributed by atoms with Gasteiger partial charge >= 0.3 is 0 Å². The van der Waals surface area contributed by atoms with E-state index in [1.54, 1.807) is 36.5 Å². The zero-order valence-corrected chi connectivity index (χ0v) is 19.8. The Bertz CT molecular complexity index is 1260. The lowest BCUT2D eigenvalue weighted by atomic mass is 10.2. The fourth-order valence-electron chi connectivity index (χ4n) is 3.28. The Balaban J connectivity index is 1.38. The second-order valence-electron chi connectivity index (χ2n) is 7.94. The number of anilines is 2. The smallest absolute Gasteiger partial charge is 0.262 e. The van der Waals surface area contributed by atoms with Gasteiger partial charge in [-0.3, -0.25) is 9.52 Å². The van der Waals surface area contributed by atoms with Crippen molar-refractivity contribution in [2.24, 2.45) is 0 Å². The van der Waals surface area contributed by atoms with Crippen LogP contribution >= 0.6 is 0 Å². The first kappa shape index (κ1) is 23.4. The quantitative estimate of drug-likeness (QED) is 0.533. The molecule has 9 nitrogen and oxygen atoms in total. The number of rotatable bonds is 7. The van der Waals surface area contributed by atoms with Crippen molar-refractivity contribution in [1.29, 1.82) is 0 Å². The largest absolute Gasteiger partial charge is 0.490 e. The minimum atomic E-state index is -3.84. The number of amides is 1. The molecule has 0 saturated heterocycles. The summed E-state index contributed by atoms with van der Waals surface area (Å²) in [4.78, 5) is 18.8. The highest BCUT2D eigenvalue weighted by Gasteiger charge is 2.19. The van der Waals surface area contributed by atoms with Crippen LogP contribution in [0.5, 0.6) is 11.5 Å². The summed E-state index contributed by atoms with van der Waals surface area (Å²) in [5.74, 6) is 1.49. The number of pyridine rings is 1. The predicted octanol–water partition coefficient (Wildman–Crippen LogP) is 3.04. The van der Waals surface area contributed by atoms with Crippen LogP contribution in [0.1, 0.15) is 22.3 Å². The summed E-state index contributed by atoms with van der Waals surface area (Å²) in [7, 11) is -0.0290. The Kier molecular flexibility index (Phi) is 6.87. The molecule has 0 fully saturated rings. The van der Waals surface area contributed by atoms with Crippen molar-refractivity contribution in [2.75, 3.05) is 36.9 Å². The van der Waals surface area contributed by atoms with E-state index in [2.05, 4.69) is 15.0 Å². The van der Waals surface area contributed by atoms with Gasteiger partial charge in [0.15, 0.2) is 11.5 Å². The number of carbonyl (C=O) groups is 1. The molecule has 0 atom stereocenters. The van der Waals surface area contributed by atoms with Gasteiger partial charge in [0.25, 0.3) is 15.9 Å². The summed E-state index contributed by atoms with van der Waals surface area (Å²) in [6.07, 6.45) is 2.45. The van der Waals surface area contributed by atoms with Gasteiger partial charge in [-0.1, -0.05) is 6.07 Å². The van der Waals surface area contributed by atoms with Gasteiger partial charge in [0.05, 0.1) is 18.1 Å². The molecule has 0 saturated carbocycles. The van der Waals surface area contributed by atoms with Crippen LogP contribution in [0.3, 0.4) is 0 Å². The SMILES string of the molecule is CN(C)c1ccc(CNC(=O)c2ccc(NS(=O)(=O)c3ccc4c(c3)OCCCO4)cc2)cn1. The Morgan fingerprint density at radius 3 is 2.41 bits per heavy atom. The first-order valence-electron chi connectivity index (χ1n) is 10.7.